The van der Waals surface area contributed by atoms with Crippen molar-refractivity contribution in [1.82, 2.24) is 5.32 Å². The molecule has 2 aromatic carbocycles. The quantitative estimate of drug-likeness (QED) is 0.526. The van der Waals surface area contributed by atoms with Crippen molar-refractivity contribution in [3.05, 3.63) is 41.4 Å². The number of nitriles is 1. The predicted octanol–water partition coefficient (Wildman–Crippen LogP) is 4.57. The van der Waals surface area contributed by atoms with Crippen LogP contribution in [0, 0.1) is 17.2 Å². The van der Waals surface area contributed by atoms with E-state index in [1.54, 1.807) is 13.0 Å². The Balaban J connectivity index is 1.98. The van der Waals surface area contributed by atoms with Gasteiger partial charge in [-0.15, -0.1) is 11.8 Å². The number of nitrogens with zero attached hydrogens (tertiary/aromatic N) is 1. The molecule has 2 unspecified atom stereocenters. The van der Waals surface area contributed by atoms with Crippen molar-refractivity contribution in [1.29, 1.82) is 5.26 Å². The summed E-state index contributed by atoms with van der Waals surface area (Å²) in [5, 5.41) is 14.4. The number of hydrogen-bond donors (Lipinski definition) is 1. The number of esters is 1. The van der Waals surface area contributed by atoms with E-state index < -0.39 is 23.5 Å². The molecule has 0 spiro atoms. The molecule has 7 heteroatoms. The predicted molar refractivity (Wildman–Crippen MR) is 112 cm³/mol. The zero-order valence-electron chi connectivity index (χ0n) is 16.3. The van der Waals surface area contributed by atoms with Gasteiger partial charge in [0.1, 0.15) is 5.54 Å². The third-order valence-corrected chi connectivity index (χ3v) is 5.95. The van der Waals surface area contributed by atoms with Crippen LogP contribution in [0.15, 0.2) is 41.3 Å². The Kier molecular flexibility index (Phi) is 7.34. The Bertz CT molecular complexity index is 920. The molecule has 0 heterocycles. The lowest BCUT2D eigenvalue weighted by molar-refractivity contribution is -0.152. The first-order valence-corrected chi connectivity index (χ1v) is 10.3. The van der Waals surface area contributed by atoms with E-state index in [1.165, 1.54) is 18.7 Å². The number of ether oxygens (including phenoxy) is 1. The van der Waals surface area contributed by atoms with E-state index in [1.807, 2.05) is 44.2 Å². The number of benzene rings is 2. The number of amides is 1. The third kappa shape index (κ3) is 5.18. The van der Waals surface area contributed by atoms with Crippen molar-refractivity contribution >= 4 is 46.0 Å². The first-order valence-electron chi connectivity index (χ1n) is 8.90. The smallest absolute Gasteiger partial charge is 0.317 e. The van der Waals surface area contributed by atoms with Crippen molar-refractivity contribution in [2.45, 2.75) is 44.2 Å². The maximum Gasteiger partial charge on any atom is 0.317 e. The second-order valence-electron chi connectivity index (χ2n) is 6.97. The topological polar surface area (TPSA) is 79.2 Å². The number of carbonyl (C=O) groups excluding carboxylic acids is 2. The van der Waals surface area contributed by atoms with Gasteiger partial charge in [-0.05, 0) is 37.3 Å². The molecule has 28 heavy (non-hydrogen) atoms. The molecular formula is C21H23ClN2O3S. The molecule has 0 saturated heterocycles. The van der Waals surface area contributed by atoms with Gasteiger partial charge in [-0.25, -0.2) is 0 Å². The van der Waals surface area contributed by atoms with Crippen molar-refractivity contribution < 1.29 is 14.3 Å². The summed E-state index contributed by atoms with van der Waals surface area (Å²) < 4.78 is 5.23. The molecule has 2 rings (SSSR count). The van der Waals surface area contributed by atoms with Gasteiger partial charge < -0.3 is 10.1 Å². The summed E-state index contributed by atoms with van der Waals surface area (Å²) in [5.74, 6) is -1.05. The Morgan fingerprint density at radius 3 is 2.50 bits per heavy atom. The van der Waals surface area contributed by atoms with Crippen LogP contribution in [0.2, 0.25) is 5.02 Å². The fourth-order valence-corrected chi connectivity index (χ4v) is 3.69. The second-order valence-corrected chi connectivity index (χ2v) is 8.40. The lowest BCUT2D eigenvalue weighted by Gasteiger charge is -2.28. The summed E-state index contributed by atoms with van der Waals surface area (Å²) >= 11 is 7.60. The van der Waals surface area contributed by atoms with Crippen LogP contribution < -0.4 is 5.32 Å². The summed E-state index contributed by atoms with van der Waals surface area (Å²) in [6.07, 6.45) is -0.990. The Morgan fingerprint density at radius 2 is 1.89 bits per heavy atom. The van der Waals surface area contributed by atoms with E-state index in [4.69, 9.17) is 16.3 Å². The average Bonchev–Trinajstić information content (AvgIpc) is 2.66. The van der Waals surface area contributed by atoms with Crippen LogP contribution >= 0.6 is 23.4 Å². The van der Waals surface area contributed by atoms with E-state index in [9.17, 15) is 14.9 Å². The molecule has 0 aliphatic heterocycles. The first-order chi connectivity index (χ1) is 13.2. The summed E-state index contributed by atoms with van der Waals surface area (Å²) in [6.45, 7) is 6.81. The minimum atomic E-state index is -1.02. The molecule has 2 aromatic rings. The maximum atomic E-state index is 12.3. The lowest BCUT2D eigenvalue weighted by atomic mass is 9.90. The van der Waals surface area contributed by atoms with Crippen LogP contribution in [-0.2, 0) is 14.3 Å². The van der Waals surface area contributed by atoms with Crippen LogP contribution in [0.3, 0.4) is 0 Å². The molecule has 0 bridgehead atoms. The van der Waals surface area contributed by atoms with Crippen molar-refractivity contribution in [2.75, 3.05) is 5.75 Å². The molecular weight excluding hydrogens is 396 g/mol. The fourth-order valence-electron chi connectivity index (χ4n) is 2.46. The van der Waals surface area contributed by atoms with Gasteiger partial charge in [0, 0.05) is 15.3 Å². The standard InChI is InChI=1S/C21H23ClN2O3S/c1-13(2)21(4,12-23)24-20(26)14(3)27-18(25)11-28-17-10-6-8-15-7-5-9-16(22)19(15)17/h5-10,13-14H,11H2,1-4H3,(H,24,26). The van der Waals surface area contributed by atoms with Crippen LogP contribution in [0.25, 0.3) is 10.8 Å². The van der Waals surface area contributed by atoms with Gasteiger partial charge in [0.2, 0.25) is 0 Å². The normalized spacial score (nSPS) is 14.2. The summed E-state index contributed by atoms with van der Waals surface area (Å²) in [7, 11) is 0. The van der Waals surface area contributed by atoms with Crippen molar-refractivity contribution in [3.63, 3.8) is 0 Å². The van der Waals surface area contributed by atoms with Gasteiger partial charge in [-0.2, -0.15) is 5.26 Å². The zero-order valence-corrected chi connectivity index (χ0v) is 17.9. The van der Waals surface area contributed by atoms with E-state index in [0.29, 0.717) is 5.02 Å². The van der Waals surface area contributed by atoms with E-state index >= 15 is 0 Å². The molecule has 0 aliphatic rings. The first kappa shape index (κ1) is 22.1. The molecule has 0 saturated carbocycles. The highest BCUT2D eigenvalue weighted by molar-refractivity contribution is 8.00. The number of fused-ring (bicyclic) bond motifs is 1. The summed E-state index contributed by atoms with van der Waals surface area (Å²) in [4.78, 5) is 25.4. The van der Waals surface area contributed by atoms with Gasteiger partial charge in [0.15, 0.2) is 6.10 Å². The van der Waals surface area contributed by atoms with Crippen LogP contribution in [-0.4, -0.2) is 29.3 Å². The van der Waals surface area contributed by atoms with Crippen LogP contribution in [0.4, 0.5) is 0 Å². The number of thioether (sulfide) groups is 1. The molecule has 0 aromatic heterocycles. The Labute approximate surface area is 174 Å². The Hall–Kier alpha value is -2.23. The SMILES string of the molecule is CC(OC(=O)CSc1cccc2cccc(Cl)c12)C(=O)NC(C)(C#N)C(C)C. The number of hydrogen-bond acceptors (Lipinski definition) is 5. The number of carbonyl (C=O) groups is 2. The van der Waals surface area contributed by atoms with Gasteiger partial charge in [-0.3, -0.25) is 9.59 Å². The van der Waals surface area contributed by atoms with Crippen LogP contribution in [0.1, 0.15) is 27.7 Å². The van der Waals surface area contributed by atoms with Gasteiger partial charge in [0.25, 0.3) is 5.91 Å². The van der Waals surface area contributed by atoms with E-state index in [2.05, 4.69) is 11.4 Å². The fraction of sp³-hybridized carbons (Fsp3) is 0.381. The van der Waals surface area contributed by atoms with Crippen LogP contribution in [0.5, 0.6) is 0 Å². The van der Waals surface area contributed by atoms with Gasteiger partial charge in [-0.1, -0.05) is 49.7 Å². The lowest BCUT2D eigenvalue weighted by Crippen LogP contribution is -2.52. The molecule has 148 valence electrons. The average molecular weight is 419 g/mol. The molecule has 0 radical (unpaired) electrons. The number of halogens is 1. The van der Waals surface area contributed by atoms with Crippen molar-refractivity contribution in [3.8, 4) is 6.07 Å². The maximum absolute atomic E-state index is 12.3. The molecule has 1 amide bonds. The van der Waals surface area contributed by atoms with Gasteiger partial charge >= 0.3 is 5.97 Å². The minimum absolute atomic E-state index is 0.0433. The van der Waals surface area contributed by atoms with Crippen molar-refractivity contribution in [2.24, 2.45) is 5.92 Å². The molecule has 0 fully saturated rings. The summed E-state index contributed by atoms with van der Waals surface area (Å²) in [6, 6.07) is 13.5. The second kappa shape index (κ2) is 9.31. The third-order valence-electron chi connectivity index (χ3n) is 4.61. The monoisotopic (exact) mass is 418 g/mol. The van der Waals surface area contributed by atoms with E-state index in [-0.39, 0.29) is 11.7 Å². The number of rotatable bonds is 7. The Morgan fingerprint density at radius 1 is 1.25 bits per heavy atom. The highest BCUT2D eigenvalue weighted by atomic mass is 35.5. The van der Waals surface area contributed by atoms with E-state index in [0.717, 1.165) is 15.7 Å². The number of nitrogens with one attached hydrogen (secondary N) is 1. The zero-order chi connectivity index (χ0) is 20.9. The molecule has 1 N–H and O–H groups in total. The minimum Gasteiger partial charge on any atom is -0.452 e. The van der Waals surface area contributed by atoms with Gasteiger partial charge in [0.05, 0.1) is 11.8 Å². The molecule has 0 aliphatic carbocycles. The largest absolute Gasteiger partial charge is 0.452 e. The highest BCUT2D eigenvalue weighted by Gasteiger charge is 2.32. The molecule has 2 atom stereocenters. The summed E-state index contributed by atoms with van der Waals surface area (Å²) in [5.41, 5.74) is -1.02. The molecule has 5 nitrogen and oxygen atoms in total. The highest BCUT2D eigenvalue weighted by Crippen LogP contribution is 2.33.